The average molecular weight is 541 g/mol. The Morgan fingerprint density at radius 1 is 1.13 bits per heavy atom. The summed E-state index contributed by atoms with van der Waals surface area (Å²) in [5.41, 5.74) is 5.62. The normalized spacial score (nSPS) is 12.8. The van der Waals surface area contributed by atoms with Crippen LogP contribution in [0.3, 0.4) is 0 Å². The summed E-state index contributed by atoms with van der Waals surface area (Å²) in [5.74, 6) is -5.83. The molecule has 0 saturated heterocycles. The highest BCUT2D eigenvalue weighted by Crippen LogP contribution is 2.34. The van der Waals surface area contributed by atoms with Crippen molar-refractivity contribution >= 4 is 17.7 Å². The number of aromatic amines is 1. The van der Waals surface area contributed by atoms with Gasteiger partial charge in [0.25, 0.3) is 23.3 Å². The Morgan fingerprint density at radius 2 is 1.82 bits per heavy atom. The quantitative estimate of drug-likeness (QED) is 0.397. The number of benzene rings is 1. The minimum absolute atomic E-state index is 0.0416. The third-order valence-electron chi connectivity index (χ3n) is 6.66. The Balaban J connectivity index is 1.75. The van der Waals surface area contributed by atoms with E-state index in [4.69, 9.17) is 5.73 Å². The van der Waals surface area contributed by atoms with E-state index in [9.17, 15) is 33.1 Å². The molecule has 3 aromatic rings. The van der Waals surface area contributed by atoms with Gasteiger partial charge in [0.05, 0.1) is 26.2 Å². The number of aromatic nitrogens is 2. The zero-order chi connectivity index (χ0) is 28.5. The van der Waals surface area contributed by atoms with E-state index in [2.05, 4.69) is 10.3 Å². The molecule has 0 bridgehead atoms. The van der Waals surface area contributed by atoms with Gasteiger partial charge < -0.3 is 25.6 Å². The average Bonchev–Trinajstić information content (AvgIpc) is 3.36. The Morgan fingerprint density at radius 3 is 2.41 bits per heavy atom. The van der Waals surface area contributed by atoms with Crippen LogP contribution in [0.5, 0.6) is 5.75 Å². The lowest BCUT2D eigenvalue weighted by molar-refractivity contribution is -0.387. The summed E-state index contributed by atoms with van der Waals surface area (Å²) in [6.07, 6.45) is 1.17. The molecule has 1 aliphatic heterocycles. The number of aryl methyl sites for hydroxylation is 1. The Bertz CT molecular complexity index is 1500. The van der Waals surface area contributed by atoms with Gasteiger partial charge in [-0.1, -0.05) is 31.2 Å². The maximum Gasteiger partial charge on any atom is 0.273 e. The first-order chi connectivity index (χ1) is 18.4. The first-order valence-electron chi connectivity index (χ1n) is 12.2. The number of aromatic hydroxyl groups is 1. The van der Waals surface area contributed by atoms with E-state index in [1.54, 1.807) is 18.3 Å². The number of rotatable bonds is 8. The molecule has 0 saturated carbocycles. The fourth-order valence-electron chi connectivity index (χ4n) is 4.41. The van der Waals surface area contributed by atoms with Crippen LogP contribution in [0.25, 0.3) is 0 Å². The van der Waals surface area contributed by atoms with Crippen molar-refractivity contribution in [1.82, 2.24) is 14.8 Å². The molecule has 5 N–H and O–H groups in total. The molecule has 0 fully saturated rings. The number of hydrogen-bond donors (Lipinski definition) is 3. The number of nitrogens with zero attached hydrogens (tertiary/aromatic N) is 2. The van der Waals surface area contributed by atoms with Gasteiger partial charge >= 0.3 is 0 Å². The number of hydrogen-bond acceptors (Lipinski definition) is 5. The number of primary amides is 1. The molecular formula is C27H28F2N5O5+. The minimum Gasteiger partial charge on any atom is -0.506 e. The molecule has 0 radical (unpaired) electrons. The highest BCUT2D eigenvalue weighted by atomic mass is 19.3. The number of halogens is 2. The molecule has 1 aromatic carbocycles. The number of fused-ring (bicyclic) bond motifs is 1. The molecule has 204 valence electrons. The summed E-state index contributed by atoms with van der Waals surface area (Å²) in [7, 11) is 0. The second-order valence-corrected chi connectivity index (χ2v) is 9.37. The summed E-state index contributed by atoms with van der Waals surface area (Å²) in [6.45, 7) is 2.40. The molecule has 1 aliphatic rings. The van der Waals surface area contributed by atoms with E-state index in [1.165, 1.54) is 40.7 Å². The standard InChI is InChI=1S/C27H27F2N5O5/c1-3-27(28,29)18-8-5-16(6-9-18)12-34-20-14-33(25(38)17-7-4-15(2)31-10-17)13-19(20)23(36)22(26(34)39)24(37)32-11-21(30)35/h4-10,36H,3,11-14H2,1-2H3,(H2,30,35)(H,32,37)/p+1. The van der Waals surface area contributed by atoms with E-state index >= 15 is 0 Å². The molecule has 0 aliphatic carbocycles. The number of nitrogens with two attached hydrogens (primary N) is 1. The second kappa shape index (κ2) is 10.6. The largest absolute Gasteiger partial charge is 0.506 e. The zero-order valence-corrected chi connectivity index (χ0v) is 21.4. The number of pyridine rings is 2. The molecule has 3 heterocycles. The van der Waals surface area contributed by atoms with Crippen LogP contribution in [-0.4, -0.2) is 38.8 Å². The maximum absolute atomic E-state index is 14.1. The van der Waals surface area contributed by atoms with Crippen molar-refractivity contribution in [2.75, 3.05) is 6.54 Å². The van der Waals surface area contributed by atoms with Gasteiger partial charge in [-0.25, -0.2) is 13.8 Å². The van der Waals surface area contributed by atoms with Crippen molar-refractivity contribution in [1.29, 1.82) is 0 Å². The third-order valence-corrected chi connectivity index (χ3v) is 6.66. The van der Waals surface area contributed by atoms with Gasteiger partial charge in [-0.2, -0.15) is 0 Å². The highest BCUT2D eigenvalue weighted by molar-refractivity contribution is 5.99. The smallest absolute Gasteiger partial charge is 0.273 e. The van der Waals surface area contributed by atoms with Gasteiger partial charge in [0.1, 0.15) is 16.9 Å². The van der Waals surface area contributed by atoms with E-state index < -0.39 is 41.2 Å². The number of nitrogens with one attached hydrogen (secondary N) is 2. The number of amides is 3. The van der Waals surface area contributed by atoms with Gasteiger partial charge in [-0.3, -0.25) is 19.2 Å². The lowest BCUT2D eigenvalue weighted by Gasteiger charge is -2.17. The maximum atomic E-state index is 14.1. The predicted molar refractivity (Wildman–Crippen MR) is 135 cm³/mol. The lowest BCUT2D eigenvalue weighted by Crippen LogP contribution is -2.38. The Kier molecular flexibility index (Phi) is 7.48. The SMILES string of the molecule is CCC(F)(F)c1ccc(Cn2c3c(c(O)c(C(=O)NCC(N)=O)c2=O)CN(C(=O)c2ccc(C)[nH+]c2)C3)cc1. The van der Waals surface area contributed by atoms with Crippen LogP contribution in [0.2, 0.25) is 0 Å². The second-order valence-electron chi connectivity index (χ2n) is 9.37. The number of H-pyrrole nitrogens is 1. The van der Waals surface area contributed by atoms with Crippen molar-refractivity contribution in [2.45, 2.75) is 45.8 Å². The van der Waals surface area contributed by atoms with Crippen molar-refractivity contribution < 1.29 is 33.3 Å². The topological polar surface area (TPSA) is 149 Å². The van der Waals surface area contributed by atoms with E-state index in [0.717, 1.165) is 5.69 Å². The first-order valence-corrected chi connectivity index (χ1v) is 12.2. The van der Waals surface area contributed by atoms with Crippen LogP contribution in [0.15, 0.2) is 47.4 Å². The molecule has 10 nitrogen and oxygen atoms in total. The van der Waals surface area contributed by atoms with E-state index in [0.29, 0.717) is 16.8 Å². The van der Waals surface area contributed by atoms with Crippen molar-refractivity contribution in [3.05, 3.63) is 92.2 Å². The van der Waals surface area contributed by atoms with Gasteiger partial charge in [0, 0.05) is 36.2 Å². The van der Waals surface area contributed by atoms with Crippen molar-refractivity contribution in [3.63, 3.8) is 0 Å². The Labute approximate surface area is 222 Å². The zero-order valence-electron chi connectivity index (χ0n) is 21.4. The summed E-state index contributed by atoms with van der Waals surface area (Å²) in [5, 5.41) is 13.2. The molecule has 2 aromatic heterocycles. The fourth-order valence-corrected chi connectivity index (χ4v) is 4.41. The molecular weight excluding hydrogens is 512 g/mol. The number of carbonyl (C=O) groups is 3. The number of carbonyl (C=O) groups excluding carboxylic acids is 3. The van der Waals surface area contributed by atoms with Gasteiger partial charge in [0.15, 0.2) is 11.9 Å². The van der Waals surface area contributed by atoms with E-state index in [1.807, 2.05) is 6.92 Å². The molecule has 0 atom stereocenters. The van der Waals surface area contributed by atoms with Crippen LogP contribution in [0.4, 0.5) is 8.78 Å². The van der Waals surface area contributed by atoms with Crippen LogP contribution in [0.1, 0.15) is 62.1 Å². The van der Waals surface area contributed by atoms with Crippen LogP contribution < -0.4 is 21.6 Å². The van der Waals surface area contributed by atoms with E-state index in [-0.39, 0.29) is 43.1 Å². The summed E-state index contributed by atoms with van der Waals surface area (Å²) >= 11 is 0. The summed E-state index contributed by atoms with van der Waals surface area (Å²) in [4.78, 5) is 55.0. The lowest BCUT2D eigenvalue weighted by atomic mass is 10.0. The summed E-state index contributed by atoms with van der Waals surface area (Å²) in [6, 6.07) is 8.83. The first kappa shape index (κ1) is 27.4. The van der Waals surface area contributed by atoms with Gasteiger partial charge in [-0.15, -0.1) is 0 Å². The highest BCUT2D eigenvalue weighted by Gasteiger charge is 2.34. The molecule has 0 spiro atoms. The number of alkyl halides is 2. The molecule has 0 unspecified atom stereocenters. The third kappa shape index (κ3) is 5.49. The van der Waals surface area contributed by atoms with Crippen LogP contribution in [0, 0.1) is 6.92 Å². The van der Waals surface area contributed by atoms with Crippen LogP contribution >= 0.6 is 0 Å². The minimum atomic E-state index is -3.00. The van der Waals surface area contributed by atoms with Crippen molar-refractivity contribution in [3.8, 4) is 5.75 Å². The van der Waals surface area contributed by atoms with Crippen LogP contribution in [-0.2, 0) is 30.4 Å². The molecule has 4 rings (SSSR count). The van der Waals surface area contributed by atoms with Gasteiger partial charge in [-0.05, 0) is 11.6 Å². The predicted octanol–water partition coefficient (Wildman–Crippen LogP) is 1.60. The Hall–Kier alpha value is -4.61. The summed E-state index contributed by atoms with van der Waals surface area (Å²) < 4.78 is 29.4. The monoisotopic (exact) mass is 540 g/mol. The van der Waals surface area contributed by atoms with Crippen molar-refractivity contribution in [2.24, 2.45) is 5.73 Å². The molecule has 39 heavy (non-hydrogen) atoms. The molecule has 3 amide bonds. The fraction of sp³-hybridized carbons (Fsp3) is 0.296. The van der Waals surface area contributed by atoms with Gasteiger partial charge in [0.2, 0.25) is 5.91 Å². The molecule has 12 heteroatoms.